The van der Waals surface area contributed by atoms with Crippen LogP contribution in [0.15, 0.2) is 12.1 Å². The summed E-state index contributed by atoms with van der Waals surface area (Å²) in [5.41, 5.74) is 1.21. The fraction of sp³-hybridized carbons (Fsp3) is 0.647. The van der Waals surface area contributed by atoms with Crippen LogP contribution < -0.4 is 14.8 Å². The lowest BCUT2D eigenvalue weighted by atomic mass is 9.97. The average Bonchev–Trinajstić information content (AvgIpc) is 2.74. The van der Waals surface area contributed by atoms with Crippen LogP contribution >= 0.6 is 24.0 Å². The number of rotatable bonds is 4. The number of benzene rings is 1. The molecule has 1 unspecified atom stereocenters. The van der Waals surface area contributed by atoms with Gasteiger partial charge < -0.3 is 14.8 Å². The number of halogens is 2. The van der Waals surface area contributed by atoms with Gasteiger partial charge in [0.25, 0.3) is 0 Å². The zero-order valence-electron chi connectivity index (χ0n) is 13.6. The number of piperidine rings is 1. The Morgan fingerprint density at radius 3 is 2.91 bits per heavy atom. The molecule has 0 aliphatic carbocycles. The van der Waals surface area contributed by atoms with Crippen molar-refractivity contribution in [2.45, 2.75) is 25.8 Å². The number of fused-ring (bicyclic) bond motifs is 1. The minimum Gasteiger partial charge on any atom is -0.489 e. The topological polar surface area (TPSA) is 33.7 Å². The van der Waals surface area contributed by atoms with Crippen LogP contribution in [0.1, 0.15) is 24.8 Å². The van der Waals surface area contributed by atoms with E-state index in [1.807, 2.05) is 13.1 Å². The first-order chi connectivity index (χ1) is 10.8. The predicted molar refractivity (Wildman–Crippen MR) is 96.2 cm³/mol. The Labute approximate surface area is 149 Å². The van der Waals surface area contributed by atoms with E-state index in [-0.39, 0.29) is 12.4 Å². The second-order valence-electron chi connectivity index (χ2n) is 6.26. The van der Waals surface area contributed by atoms with E-state index in [4.69, 9.17) is 21.1 Å². The second kappa shape index (κ2) is 8.97. The molecular weight excluding hydrogens is 335 g/mol. The maximum Gasteiger partial charge on any atom is 0.179 e. The molecule has 2 aliphatic heterocycles. The Morgan fingerprint density at radius 1 is 1.26 bits per heavy atom. The molecule has 1 fully saturated rings. The van der Waals surface area contributed by atoms with Crippen molar-refractivity contribution in [3.05, 3.63) is 22.7 Å². The predicted octanol–water partition coefficient (Wildman–Crippen LogP) is 3.35. The number of likely N-dealkylation sites (tertiary alicyclic amines) is 1. The average molecular weight is 361 g/mol. The molecule has 0 amide bonds. The molecule has 0 bridgehead atoms. The van der Waals surface area contributed by atoms with E-state index in [0.717, 1.165) is 44.3 Å². The summed E-state index contributed by atoms with van der Waals surface area (Å²) in [5.74, 6) is 2.24. The molecule has 0 radical (unpaired) electrons. The lowest BCUT2D eigenvalue weighted by Crippen LogP contribution is -2.38. The van der Waals surface area contributed by atoms with Gasteiger partial charge in [-0.15, -0.1) is 12.4 Å². The highest BCUT2D eigenvalue weighted by Crippen LogP contribution is 2.38. The van der Waals surface area contributed by atoms with Gasteiger partial charge >= 0.3 is 0 Å². The highest BCUT2D eigenvalue weighted by Gasteiger charge is 2.21. The maximum absolute atomic E-state index is 6.38. The van der Waals surface area contributed by atoms with Crippen molar-refractivity contribution in [3.8, 4) is 11.5 Å². The van der Waals surface area contributed by atoms with Gasteiger partial charge in [-0.05, 0) is 56.6 Å². The summed E-state index contributed by atoms with van der Waals surface area (Å²) in [6, 6.07) is 4.12. The van der Waals surface area contributed by atoms with Gasteiger partial charge in [0.2, 0.25) is 0 Å². The summed E-state index contributed by atoms with van der Waals surface area (Å²) in [4.78, 5) is 2.52. The molecule has 1 N–H and O–H groups in total. The monoisotopic (exact) mass is 360 g/mol. The summed E-state index contributed by atoms with van der Waals surface area (Å²) in [7, 11) is 2.03. The third-order valence-corrected chi connectivity index (χ3v) is 4.64. The minimum atomic E-state index is 0. The molecular formula is C17H26Cl2N2O2. The molecule has 6 heteroatoms. The van der Waals surface area contributed by atoms with E-state index in [1.165, 1.54) is 18.4 Å². The summed E-state index contributed by atoms with van der Waals surface area (Å²) < 4.78 is 11.5. The molecule has 0 aromatic heterocycles. The van der Waals surface area contributed by atoms with Gasteiger partial charge in [0.1, 0.15) is 0 Å². The van der Waals surface area contributed by atoms with Crippen molar-refractivity contribution >= 4 is 24.0 Å². The van der Waals surface area contributed by atoms with Crippen LogP contribution in [-0.2, 0) is 6.54 Å². The largest absolute Gasteiger partial charge is 0.489 e. The van der Waals surface area contributed by atoms with Gasteiger partial charge in [-0.3, -0.25) is 4.90 Å². The smallest absolute Gasteiger partial charge is 0.179 e. The van der Waals surface area contributed by atoms with Crippen LogP contribution in [0.2, 0.25) is 5.02 Å². The van der Waals surface area contributed by atoms with Crippen molar-refractivity contribution in [1.82, 2.24) is 10.2 Å². The van der Waals surface area contributed by atoms with Crippen LogP contribution in [0.25, 0.3) is 0 Å². The van der Waals surface area contributed by atoms with Crippen molar-refractivity contribution in [3.63, 3.8) is 0 Å². The highest BCUT2D eigenvalue weighted by atomic mass is 35.5. The van der Waals surface area contributed by atoms with Crippen LogP contribution in [0.4, 0.5) is 0 Å². The van der Waals surface area contributed by atoms with E-state index in [2.05, 4.69) is 16.3 Å². The third kappa shape index (κ3) is 4.90. The van der Waals surface area contributed by atoms with Gasteiger partial charge in [-0.1, -0.05) is 11.6 Å². The van der Waals surface area contributed by atoms with Gasteiger partial charge in [0, 0.05) is 19.5 Å². The lowest BCUT2D eigenvalue weighted by molar-refractivity contribution is 0.166. The summed E-state index contributed by atoms with van der Waals surface area (Å²) in [6.45, 7) is 5.69. The Kier molecular flexibility index (Phi) is 7.28. The van der Waals surface area contributed by atoms with Crippen molar-refractivity contribution < 1.29 is 9.47 Å². The molecule has 1 saturated heterocycles. The van der Waals surface area contributed by atoms with Crippen LogP contribution in [0.5, 0.6) is 11.5 Å². The molecule has 1 atom stereocenters. The fourth-order valence-corrected chi connectivity index (χ4v) is 3.67. The summed E-state index contributed by atoms with van der Waals surface area (Å²) in [6.07, 6.45) is 3.49. The fourth-order valence-electron chi connectivity index (χ4n) is 3.38. The third-order valence-electron chi connectivity index (χ3n) is 4.36. The first kappa shape index (κ1) is 18.7. The minimum absolute atomic E-state index is 0. The Bertz CT molecular complexity index is 512. The molecule has 3 rings (SSSR count). The van der Waals surface area contributed by atoms with Crippen molar-refractivity contribution in [2.75, 3.05) is 39.9 Å². The van der Waals surface area contributed by atoms with Crippen LogP contribution in [0, 0.1) is 5.92 Å². The van der Waals surface area contributed by atoms with Crippen LogP contribution in [-0.4, -0.2) is 44.8 Å². The summed E-state index contributed by atoms with van der Waals surface area (Å²) >= 11 is 6.38. The number of hydrogen-bond donors (Lipinski definition) is 1. The Balaban J connectivity index is 0.00000192. The highest BCUT2D eigenvalue weighted by molar-refractivity contribution is 6.32. The maximum atomic E-state index is 6.38. The van der Waals surface area contributed by atoms with Crippen molar-refractivity contribution in [1.29, 1.82) is 0 Å². The standard InChI is InChI=1S/C17H25ClN2O2.ClH/c1-19-10-13-4-2-5-20(11-13)12-14-8-15(18)17-16(9-14)21-6-3-7-22-17;/h8-9,13,19H,2-7,10-12H2,1H3;1H. The SMILES string of the molecule is CNCC1CCCN(Cc2cc(Cl)c3c(c2)OCCCO3)C1.Cl. The first-order valence-electron chi connectivity index (χ1n) is 8.21. The van der Waals surface area contributed by atoms with E-state index < -0.39 is 0 Å². The number of nitrogens with one attached hydrogen (secondary N) is 1. The van der Waals surface area contributed by atoms with Gasteiger partial charge in [0.15, 0.2) is 11.5 Å². The molecule has 0 spiro atoms. The molecule has 1 aromatic carbocycles. The zero-order valence-corrected chi connectivity index (χ0v) is 15.2. The summed E-state index contributed by atoms with van der Waals surface area (Å²) in [5, 5.41) is 3.96. The quantitative estimate of drug-likeness (QED) is 0.892. The van der Waals surface area contributed by atoms with Gasteiger partial charge in [-0.2, -0.15) is 0 Å². The molecule has 2 aliphatic rings. The molecule has 1 aromatic rings. The van der Waals surface area contributed by atoms with Crippen LogP contribution in [0.3, 0.4) is 0 Å². The molecule has 2 heterocycles. The normalized spacial score (nSPS) is 21.4. The zero-order chi connectivity index (χ0) is 15.4. The molecule has 23 heavy (non-hydrogen) atoms. The van der Waals surface area contributed by atoms with Gasteiger partial charge in [-0.25, -0.2) is 0 Å². The second-order valence-corrected chi connectivity index (χ2v) is 6.66. The molecule has 0 saturated carbocycles. The van der Waals surface area contributed by atoms with E-state index in [0.29, 0.717) is 24.0 Å². The number of nitrogens with zero attached hydrogens (tertiary/aromatic N) is 1. The van der Waals surface area contributed by atoms with E-state index >= 15 is 0 Å². The Morgan fingerprint density at radius 2 is 2.09 bits per heavy atom. The molecule has 130 valence electrons. The first-order valence-corrected chi connectivity index (χ1v) is 8.59. The van der Waals surface area contributed by atoms with E-state index in [1.54, 1.807) is 0 Å². The number of hydrogen-bond acceptors (Lipinski definition) is 4. The van der Waals surface area contributed by atoms with Crippen molar-refractivity contribution in [2.24, 2.45) is 5.92 Å². The lowest BCUT2D eigenvalue weighted by Gasteiger charge is -2.32. The Hall–Kier alpha value is -0.680. The van der Waals surface area contributed by atoms with Gasteiger partial charge in [0.05, 0.1) is 18.2 Å². The molecule has 4 nitrogen and oxygen atoms in total. The van der Waals surface area contributed by atoms with E-state index in [9.17, 15) is 0 Å². The number of ether oxygens (including phenoxy) is 2.